The number of hydrogen-bond acceptors (Lipinski definition) is 1. The molecule has 1 atom stereocenters. The Labute approximate surface area is 92.8 Å². The molecular formula is C8H5Cl2F4N. The third-order valence-corrected chi connectivity index (χ3v) is 2.27. The second kappa shape index (κ2) is 4.15. The third-order valence-electron chi connectivity index (χ3n) is 1.72. The summed E-state index contributed by atoms with van der Waals surface area (Å²) >= 11 is 10.7. The molecule has 0 spiro atoms. The zero-order chi connectivity index (χ0) is 11.8. The molecule has 0 bridgehead atoms. The molecule has 15 heavy (non-hydrogen) atoms. The first kappa shape index (κ1) is 12.5. The largest absolute Gasteiger partial charge is 0.407 e. The van der Waals surface area contributed by atoms with E-state index in [1.165, 1.54) is 0 Å². The summed E-state index contributed by atoms with van der Waals surface area (Å²) in [6.07, 6.45) is -4.62. The third kappa shape index (κ3) is 2.74. The summed E-state index contributed by atoms with van der Waals surface area (Å²) in [6.45, 7) is 0. The van der Waals surface area contributed by atoms with E-state index in [1.54, 1.807) is 0 Å². The van der Waals surface area contributed by atoms with E-state index in [0.29, 0.717) is 0 Å². The van der Waals surface area contributed by atoms with E-state index in [1.807, 2.05) is 0 Å². The van der Waals surface area contributed by atoms with Crippen LogP contribution in [0.15, 0.2) is 12.1 Å². The SMILES string of the molecule is N[C@H](c1cc(Cl)c(F)c(Cl)c1)C(F)(F)F. The number of alkyl halides is 3. The quantitative estimate of drug-likeness (QED) is 0.606. The lowest BCUT2D eigenvalue weighted by Gasteiger charge is -2.16. The Morgan fingerprint density at radius 3 is 1.87 bits per heavy atom. The summed E-state index contributed by atoms with van der Waals surface area (Å²) in [4.78, 5) is 0. The van der Waals surface area contributed by atoms with Crippen LogP contribution in [0.3, 0.4) is 0 Å². The summed E-state index contributed by atoms with van der Waals surface area (Å²) in [5, 5.41) is -0.977. The number of hydrogen-bond donors (Lipinski definition) is 1. The van der Waals surface area contributed by atoms with Crippen molar-refractivity contribution in [3.8, 4) is 0 Å². The van der Waals surface area contributed by atoms with Crippen molar-refractivity contribution in [3.05, 3.63) is 33.6 Å². The molecule has 0 fully saturated rings. The lowest BCUT2D eigenvalue weighted by Crippen LogP contribution is -2.28. The highest BCUT2D eigenvalue weighted by atomic mass is 35.5. The second-order valence-corrected chi connectivity index (χ2v) is 3.63. The predicted octanol–water partition coefficient (Wildman–Crippen LogP) is 3.69. The van der Waals surface area contributed by atoms with Crippen LogP contribution in [0, 0.1) is 5.82 Å². The first-order valence-corrected chi connectivity index (χ1v) is 4.46. The van der Waals surface area contributed by atoms with Gasteiger partial charge in [-0.15, -0.1) is 0 Å². The van der Waals surface area contributed by atoms with E-state index in [0.717, 1.165) is 12.1 Å². The Balaban J connectivity index is 3.17. The Morgan fingerprint density at radius 1 is 1.13 bits per heavy atom. The van der Waals surface area contributed by atoms with Gasteiger partial charge in [0.15, 0.2) is 5.82 Å². The van der Waals surface area contributed by atoms with Gasteiger partial charge in [0.05, 0.1) is 10.0 Å². The summed E-state index contributed by atoms with van der Waals surface area (Å²) in [5.41, 5.74) is 4.52. The van der Waals surface area contributed by atoms with Crippen molar-refractivity contribution in [2.24, 2.45) is 5.73 Å². The minimum Gasteiger partial charge on any atom is -0.316 e. The molecule has 0 aliphatic heterocycles. The molecule has 0 aromatic heterocycles. The number of rotatable bonds is 1. The van der Waals surface area contributed by atoms with Crippen LogP contribution in [0.4, 0.5) is 17.6 Å². The average Bonchev–Trinajstić information content (AvgIpc) is 2.10. The van der Waals surface area contributed by atoms with Crippen LogP contribution < -0.4 is 5.73 Å². The maximum absolute atomic E-state index is 12.9. The molecule has 84 valence electrons. The molecule has 0 aliphatic rings. The van der Waals surface area contributed by atoms with Gasteiger partial charge in [-0.3, -0.25) is 0 Å². The maximum atomic E-state index is 12.9. The summed E-state index contributed by atoms with van der Waals surface area (Å²) in [6, 6.07) is -0.616. The van der Waals surface area contributed by atoms with E-state index in [2.05, 4.69) is 0 Å². The van der Waals surface area contributed by atoms with Gasteiger partial charge in [0, 0.05) is 0 Å². The molecule has 2 N–H and O–H groups in total. The lowest BCUT2D eigenvalue weighted by molar-refractivity contribution is -0.149. The molecular weight excluding hydrogens is 257 g/mol. The van der Waals surface area contributed by atoms with Gasteiger partial charge in [0.2, 0.25) is 0 Å². The first-order valence-electron chi connectivity index (χ1n) is 3.70. The Bertz CT molecular complexity index is 354. The molecule has 0 amide bonds. The number of nitrogens with two attached hydrogens (primary N) is 1. The molecule has 0 unspecified atom stereocenters. The molecule has 1 nitrogen and oxygen atoms in total. The molecule has 0 saturated heterocycles. The Hall–Kier alpha value is -0.520. The Morgan fingerprint density at radius 2 is 1.53 bits per heavy atom. The van der Waals surface area contributed by atoms with Gasteiger partial charge in [-0.1, -0.05) is 23.2 Å². The van der Waals surface area contributed by atoms with Crippen molar-refractivity contribution in [2.45, 2.75) is 12.2 Å². The number of benzene rings is 1. The highest BCUT2D eigenvalue weighted by Gasteiger charge is 2.38. The topological polar surface area (TPSA) is 26.0 Å². The standard InChI is InChI=1S/C8H5Cl2F4N/c9-4-1-3(2-5(10)6(4)11)7(15)8(12,13)14/h1-2,7H,15H2/t7-/m1/s1. The fourth-order valence-electron chi connectivity index (χ4n) is 0.944. The minimum absolute atomic E-state index is 0.376. The lowest BCUT2D eigenvalue weighted by atomic mass is 10.1. The van der Waals surface area contributed by atoms with Crippen LogP contribution in [-0.2, 0) is 0 Å². The van der Waals surface area contributed by atoms with Crippen LogP contribution >= 0.6 is 23.2 Å². The van der Waals surface area contributed by atoms with Crippen LogP contribution in [0.2, 0.25) is 10.0 Å². The second-order valence-electron chi connectivity index (χ2n) is 2.82. The van der Waals surface area contributed by atoms with Crippen molar-refractivity contribution >= 4 is 23.2 Å². The molecule has 0 saturated carbocycles. The molecule has 1 aromatic carbocycles. The molecule has 1 rings (SSSR count). The summed E-state index contributed by atoms with van der Waals surface area (Å²) < 4.78 is 49.5. The summed E-state index contributed by atoms with van der Waals surface area (Å²) in [7, 11) is 0. The summed E-state index contributed by atoms with van der Waals surface area (Å²) in [5.74, 6) is -0.962. The van der Waals surface area contributed by atoms with Gasteiger partial charge in [-0.05, 0) is 17.7 Å². The molecule has 1 aromatic rings. The molecule has 0 heterocycles. The van der Waals surface area contributed by atoms with E-state index >= 15 is 0 Å². The van der Waals surface area contributed by atoms with E-state index in [9.17, 15) is 17.6 Å². The molecule has 7 heteroatoms. The normalized spacial score (nSPS) is 14.1. The van der Waals surface area contributed by atoms with Crippen molar-refractivity contribution in [2.75, 3.05) is 0 Å². The average molecular weight is 262 g/mol. The van der Waals surface area contributed by atoms with Gasteiger partial charge in [-0.25, -0.2) is 4.39 Å². The highest BCUT2D eigenvalue weighted by Crippen LogP contribution is 2.34. The number of halogens is 6. The van der Waals surface area contributed by atoms with E-state index in [-0.39, 0.29) is 5.56 Å². The zero-order valence-corrected chi connectivity index (χ0v) is 8.59. The highest BCUT2D eigenvalue weighted by molar-refractivity contribution is 6.35. The molecule has 0 radical (unpaired) electrons. The van der Waals surface area contributed by atoms with Gasteiger partial charge in [0.25, 0.3) is 0 Å². The van der Waals surface area contributed by atoms with Gasteiger partial charge >= 0.3 is 6.18 Å². The van der Waals surface area contributed by atoms with Gasteiger partial charge in [0.1, 0.15) is 6.04 Å². The van der Waals surface area contributed by atoms with E-state index in [4.69, 9.17) is 28.9 Å². The monoisotopic (exact) mass is 261 g/mol. The van der Waals surface area contributed by atoms with Crippen LogP contribution in [0.1, 0.15) is 11.6 Å². The van der Waals surface area contributed by atoms with Crippen LogP contribution in [-0.4, -0.2) is 6.18 Å². The zero-order valence-electron chi connectivity index (χ0n) is 7.08. The first-order chi connectivity index (χ1) is 6.73. The van der Waals surface area contributed by atoms with E-state index < -0.39 is 28.1 Å². The van der Waals surface area contributed by atoms with Crippen molar-refractivity contribution < 1.29 is 17.6 Å². The maximum Gasteiger partial charge on any atom is 0.407 e. The van der Waals surface area contributed by atoms with Gasteiger partial charge < -0.3 is 5.73 Å². The van der Waals surface area contributed by atoms with Crippen LogP contribution in [0.25, 0.3) is 0 Å². The van der Waals surface area contributed by atoms with Crippen molar-refractivity contribution in [3.63, 3.8) is 0 Å². The van der Waals surface area contributed by atoms with Crippen LogP contribution in [0.5, 0.6) is 0 Å². The smallest absolute Gasteiger partial charge is 0.316 e. The minimum atomic E-state index is -4.62. The fraction of sp³-hybridized carbons (Fsp3) is 0.250. The Kier molecular flexibility index (Phi) is 3.48. The fourth-order valence-corrected chi connectivity index (χ4v) is 1.45. The van der Waals surface area contributed by atoms with Crippen molar-refractivity contribution in [1.29, 1.82) is 0 Å². The van der Waals surface area contributed by atoms with Gasteiger partial charge in [-0.2, -0.15) is 13.2 Å². The van der Waals surface area contributed by atoms with Crippen molar-refractivity contribution in [1.82, 2.24) is 0 Å². The molecule has 0 aliphatic carbocycles. The predicted molar refractivity (Wildman–Crippen MR) is 49.4 cm³/mol.